The highest BCUT2D eigenvalue weighted by molar-refractivity contribution is 5.80. The van der Waals surface area contributed by atoms with Crippen LogP contribution in [0.25, 0.3) is 0 Å². The summed E-state index contributed by atoms with van der Waals surface area (Å²) in [7, 11) is 0. The predicted octanol–water partition coefficient (Wildman–Crippen LogP) is 0.760. The maximum absolute atomic E-state index is 11.8. The topological polar surface area (TPSA) is 67.9 Å². The van der Waals surface area contributed by atoms with Crippen LogP contribution in [0.15, 0.2) is 0 Å². The van der Waals surface area contributed by atoms with E-state index in [1.54, 1.807) is 11.8 Å². The summed E-state index contributed by atoms with van der Waals surface area (Å²) in [6.45, 7) is 5.87. The quantitative estimate of drug-likeness (QED) is 0.739. The fourth-order valence-electron chi connectivity index (χ4n) is 1.97. The largest absolute Gasteiger partial charge is 0.465 e. The standard InChI is InChI=1S/C12H22N2O4/c1-3-17-10-6-5-7-14(9-10)12(16)13-8-11(15)18-4-2/h10H,3-9H2,1-2H3,(H,13,16). The molecule has 104 valence electrons. The summed E-state index contributed by atoms with van der Waals surface area (Å²) in [5, 5.41) is 2.56. The zero-order valence-corrected chi connectivity index (χ0v) is 11.1. The van der Waals surface area contributed by atoms with E-state index < -0.39 is 5.97 Å². The average molecular weight is 258 g/mol. The van der Waals surface area contributed by atoms with Crippen LogP contribution in [0, 0.1) is 0 Å². The van der Waals surface area contributed by atoms with Crippen LogP contribution in [-0.4, -0.2) is 55.9 Å². The van der Waals surface area contributed by atoms with E-state index in [4.69, 9.17) is 9.47 Å². The van der Waals surface area contributed by atoms with Crippen LogP contribution in [0.2, 0.25) is 0 Å². The Hall–Kier alpha value is -1.30. The summed E-state index contributed by atoms with van der Waals surface area (Å²) in [5.41, 5.74) is 0. The van der Waals surface area contributed by atoms with Crippen molar-refractivity contribution in [3.05, 3.63) is 0 Å². The van der Waals surface area contributed by atoms with Crippen molar-refractivity contribution in [2.24, 2.45) is 0 Å². The first-order chi connectivity index (χ1) is 8.67. The number of nitrogens with one attached hydrogen (secondary N) is 1. The van der Waals surface area contributed by atoms with Crippen LogP contribution < -0.4 is 5.32 Å². The zero-order chi connectivity index (χ0) is 13.4. The molecule has 6 heteroatoms. The van der Waals surface area contributed by atoms with E-state index in [-0.39, 0.29) is 18.7 Å². The maximum Gasteiger partial charge on any atom is 0.325 e. The number of ether oxygens (including phenoxy) is 2. The fourth-order valence-corrected chi connectivity index (χ4v) is 1.97. The van der Waals surface area contributed by atoms with Crippen molar-refractivity contribution in [3.8, 4) is 0 Å². The number of likely N-dealkylation sites (tertiary alicyclic amines) is 1. The summed E-state index contributed by atoms with van der Waals surface area (Å²) in [4.78, 5) is 24.6. The second-order valence-electron chi connectivity index (χ2n) is 4.13. The molecule has 0 aromatic heterocycles. The minimum absolute atomic E-state index is 0.0809. The number of esters is 1. The van der Waals surface area contributed by atoms with Gasteiger partial charge in [0.2, 0.25) is 0 Å². The lowest BCUT2D eigenvalue weighted by molar-refractivity contribution is -0.141. The van der Waals surface area contributed by atoms with Crippen LogP contribution in [0.5, 0.6) is 0 Å². The van der Waals surface area contributed by atoms with E-state index in [1.165, 1.54) is 0 Å². The third-order valence-electron chi connectivity index (χ3n) is 2.76. The summed E-state index contributed by atoms with van der Waals surface area (Å²) >= 11 is 0. The minimum atomic E-state index is -0.413. The fraction of sp³-hybridized carbons (Fsp3) is 0.833. The Labute approximate surface area is 108 Å². The summed E-state index contributed by atoms with van der Waals surface area (Å²) in [6.07, 6.45) is 2.02. The van der Waals surface area contributed by atoms with Gasteiger partial charge in [-0.3, -0.25) is 4.79 Å². The molecule has 1 heterocycles. The van der Waals surface area contributed by atoms with E-state index in [2.05, 4.69) is 5.32 Å². The van der Waals surface area contributed by atoms with Gasteiger partial charge in [-0.25, -0.2) is 4.79 Å². The number of nitrogens with zero attached hydrogens (tertiary/aromatic N) is 1. The Balaban J connectivity index is 2.30. The number of carbonyl (C=O) groups excluding carboxylic acids is 2. The molecule has 1 saturated heterocycles. The molecule has 0 aromatic carbocycles. The molecule has 1 unspecified atom stereocenters. The van der Waals surface area contributed by atoms with Gasteiger partial charge in [0.15, 0.2) is 0 Å². The van der Waals surface area contributed by atoms with Crippen molar-refractivity contribution >= 4 is 12.0 Å². The monoisotopic (exact) mass is 258 g/mol. The van der Waals surface area contributed by atoms with Crippen LogP contribution in [0.3, 0.4) is 0 Å². The van der Waals surface area contributed by atoms with Gasteiger partial charge in [0.25, 0.3) is 0 Å². The maximum atomic E-state index is 11.8. The van der Waals surface area contributed by atoms with Crippen molar-refractivity contribution in [1.29, 1.82) is 0 Å². The van der Waals surface area contributed by atoms with Crippen molar-refractivity contribution in [2.45, 2.75) is 32.8 Å². The van der Waals surface area contributed by atoms with E-state index >= 15 is 0 Å². The Morgan fingerprint density at radius 2 is 2.11 bits per heavy atom. The zero-order valence-electron chi connectivity index (χ0n) is 11.1. The molecule has 1 aliphatic rings. The molecule has 1 atom stereocenters. The van der Waals surface area contributed by atoms with E-state index in [0.717, 1.165) is 12.8 Å². The highest BCUT2D eigenvalue weighted by Gasteiger charge is 2.23. The molecule has 1 N–H and O–H groups in total. The van der Waals surface area contributed by atoms with Crippen LogP contribution in [-0.2, 0) is 14.3 Å². The Kier molecular flexibility index (Phi) is 6.49. The molecular weight excluding hydrogens is 236 g/mol. The molecule has 2 amide bonds. The van der Waals surface area contributed by atoms with Gasteiger partial charge < -0.3 is 19.7 Å². The summed E-state index contributed by atoms with van der Waals surface area (Å²) in [6, 6.07) is -0.229. The Morgan fingerprint density at radius 3 is 2.78 bits per heavy atom. The van der Waals surface area contributed by atoms with E-state index in [9.17, 15) is 9.59 Å². The Morgan fingerprint density at radius 1 is 1.33 bits per heavy atom. The normalized spacial score (nSPS) is 19.4. The lowest BCUT2D eigenvalue weighted by Gasteiger charge is -2.32. The molecule has 0 saturated carbocycles. The second-order valence-corrected chi connectivity index (χ2v) is 4.13. The summed E-state index contributed by atoms with van der Waals surface area (Å²) < 4.78 is 10.3. The minimum Gasteiger partial charge on any atom is -0.465 e. The van der Waals surface area contributed by atoms with Gasteiger partial charge >= 0.3 is 12.0 Å². The second kappa shape index (κ2) is 7.92. The van der Waals surface area contributed by atoms with Gasteiger partial charge in [-0.1, -0.05) is 0 Å². The average Bonchev–Trinajstić information content (AvgIpc) is 2.37. The molecule has 0 radical (unpaired) electrons. The predicted molar refractivity (Wildman–Crippen MR) is 66.3 cm³/mol. The van der Waals surface area contributed by atoms with Gasteiger partial charge in [0.05, 0.1) is 12.7 Å². The van der Waals surface area contributed by atoms with Gasteiger partial charge in [-0.15, -0.1) is 0 Å². The smallest absolute Gasteiger partial charge is 0.325 e. The molecule has 18 heavy (non-hydrogen) atoms. The van der Waals surface area contributed by atoms with Gasteiger partial charge in [0, 0.05) is 19.7 Å². The SMILES string of the molecule is CCOC(=O)CNC(=O)N1CCCC(OCC)C1. The molecule has 1 rings (SSSR count). The first kappa shape index (κ1) is 14.8. The molecule has 6 nitrogen and oxygen atoms in total. The molecule has 0 aliphatic carbocycles. The summed E-state index contributed by atoms with van der Waals surface area (Å²) in [5.74, 6) is -0.413. The number of hydrogen-bond donors (Lipinski definition) is 1. The van der Waals surface area contributed by atoms with Gasteiger partial charge in [0.1, 0.15) is 6.54 Å². The third kappa shape index (κ3) is 4.91. The molecule has 0 bridgehead atoms. The number of hydrogen-bond acceptors (Lipinski definition) is 4. The van der Waals surface area contributed by atoms with Crippen molar-refractivity contribution in [2.75, 3.05) is 32.8 Å². The van der Waals surface area contributed by atoms with Crippen molar-refractivity contribution in [1.82, 2.24) is 10.2 Å². The van der Waals surface area contributed by atoms with E-state index in [1.807, 2.05) is 6.92 Å². The number of carbonyl (C=O) groups is 2. The number of amides is 2. The molecular formula is C12H22N2O4. The van der Waals surface area contributed by atoms with E-state index in [0.29, 0.717) is 26.3 Å². The van der Waals surface area contributed by atoms with Crippen LogP contribution in [0.4, 0.5) is 4.79 Å². The first-order valence-electron chi connectivity index (χ1n) is 6.47. The highest BCUT2D eigenvalue weighted by atomic mass is 16.5. The van der Waals surface area contributed by atoms with Crippen LogP contribution >= 0.6 is 0 Å². The number of piperidine rings is 1. The number of urea groups is 1. The lowest BCUT2D eigenvalue weighted by atomic mass is 10.1. The highest BCUT2D eigenvalue weighted by Crippen LogP contribution is 2.12. The molecule has 0 aromatic rings. The van der Waals surface area contributed by atoms with Gasteiger partial charge in [-0.2, -0.15) is 0 Å². The Bertz CT molecular complexity index is 281. The first-order valence-corrected chi connectivity index (χ1v) is 6.47. The molecule has 1 aliphatic heterocycles. The van der Waals surface area contributed by atoms with Gasteiger partial charge in [-0.05, 0) is 26.7 Å². The molecule has 1 fully saturated rings. The molecule has 0 spiro atoms. The van der Waals surface area contributed by atoms with Crippen LogP contribution in [0.1, 0.15) is 26.7 Å². The van der Waals surface area contributed by atoms with Crippen molar-refractivity contribution < 1.29 is 19.1 Å². The third-order valence-corrected chi connectivity index (χ3v) is 2.76. The van der Waals surface area contributed by atoms with Crippen molar-refractivity contribution in [3.63, 3.8) is 0 Å². The number of rotatable bonds is 5. The lowest BCUT2D eigenvalue weighted by Crippen LogP contribution is -2.48.